The second kappa shape index (κ2) is 7.67. The topological polar surface area (TPSA) is 75.4 Å². The number of carbonyl (C=O) groups excluding carboxylic acids is 1. The van der Waals surface area contributed by atoms with Crippen LogP contribution < -0.4 is 11.1 Å². The van der Waals surface area contributed by atoms with E-state index in [-0.39, 0.29) is 17.9 Å². The predicted molar refractivity (Wildman–Crippen MR) is 70.5 cm³/mol. The van der Waals surface area contributed by atoms with Crippen LogP contribution in [0.1, 0.15) is 47.0 Å². The van der Waals surface area contributed by atoms with Gasteiger partial charge in [0, 0.05) is 13.2 Å². The number of aliphatic hydroxyl groups excluding tert-OH is 1. The highest BCUT2D eigenvalue weighted by Crippen LogP contribution is 2.20. The van der Waals surface area contributed by atoms with Gasteiger partial charge >= 0.3 is 0 Å². The molecule has 0 aliphatic carbocycles. The van der Waals surface area contributed by atoms with E-state index in [4.69, 9.17) is 10.8 Å². The first-order valence-electron chi connectivity index (χ1n) is 6.42. The van der Waals surface area contributed by atoms with Crippen LogP contribution in [-0.2, 0) is 4.79 Å². The molecule has 0 saturated carbocycles. The lowest BCUT2D eigenvalue weighted by atomic mass is 9.88. The first-order valence-corrected chi connectivity index (χ1v) is 6.42. The van der Waals surface area contributed by atoms with Crippen molar-refractivity contribution in [2.45, 2.75) is 53.0 Å². The maximum atomic E-state index is 11.7. The van der Waals surface area contributed by atoms with Gasteiger partial charge in [0.2, 0.25) is 5.91 Å². The van der Waals surface area contributed by atoms with E-state index in [1.165, 1.54) is 0 Å². The lowest BCUT2D eigenvalue weighted by Gasteiger charge is -2.25. The Balaban J connectivity index is 3.97. The summed E-state index contributed by atoms with van der Waals surface area (Å²) in [5.41, 5.74) is 5.81. The molecule has 4 heteroatoms. The van der Waals surface area contributed by atoms with Gasteiger partial charge in [0.15, 0.2) is 0 Å². The second-order valence-electron chi connectivity index (χ2n) is 5.95. The summed E-state index contributed by atoms with van der Waals surface area (Å²) in [6.07, 6.45) is 2.37. The average Bonchev–Trinajstić information content (AvgIpc) is 2.22. The van der Waals surface area contributed by atoms with Crippen LogP contribution in [0.5, 0.6) is 0 Å². The van der Waals surface area contributed by atoms with Crippen molar-refractivity contribution in [2.75, 3.05) is 13.2 Å². The third kappa shape index (κ3) is 8.16. The Labute approximate surface area is 105 Å². The van der Waals surface area contributed by atoms with Crippen LogP contribution in [0.15, 0.2) is 0 Å². The molecule has 102 valence electrons. The monoisotopic (exact) mass is 244 g/mol. The van der Waals surface area contributed by atoms with E-state index in [1.807, 2.05) is 0 Å². The highest BCUT2D eigenvalue weighted by molar-refractivity contribution is 5.81. The van der Waals surface area contributed by atoms with E-state index in [0.29, 0.717) is 18.9 Å². The first kappa shape index (κ1) is 16.4. The van der Waals surface area contributed by atoms with Crippen molar-refractivity contribution in [1.29, 1.82) is 0 Å². The van der Waals surface area contributed by atoms with Gasteiger partial charge in [-0.1, -0.05) is 27.7 Å². The lowest BCUT2D eigenvalue weighted by Crippen LogP contribution is -2.44. The molecule has 0 bridgehead atoms. The molecule has 0 saturated heterocycles. The van der Waals surface area contributed by atoms with Crippen molar-refractivity contribution in [3.8, 4) is 0 Å². The summed E-state index contributed by atoms with van der Waals surface area (Å²) in [7, 11) is 0. The molecule has 0 aromatic rings. The molecule has 0 aromatic heterocycles. The van der Waals surface area contributed by atoms with Gasteiger partial charge in [-0.15, -0.1) is 0 Å². The summed E-state index contributed by atoms with van der Waals surface area (Å²) in [5.74, 6) is 0.355. The zero-order chi connectivity index (χ0) is 13.5. The Morgan fingerprint density at radius 1 is 1.41 bits per heavy atom. The Morgan fingerprint density at radius 2 is 2.00 bits per heavy atom. The molecule has 17 heavy (non-hydrogen) atoms. The third-order valence-corrected chi connectivity index (χ3v) is 2.81. The number of nitrogens with one attached hydrogen (secondary N) is 1. The minimum atomic E-state index is -0.413. The van der Waals surface area contributed by atoms with Gasteiger partial charge in [-0.2, -0.15) is 0 Å². The SMILES string of the molecule is CC(C)C[C@H](N)C(=O)NCC(C)(C)CCCO. The summed E-state index contributed by atoms with van der Waals surface area (Å²) < 4.78 is 0. The van der Waals surface area contributed by atoms with E-state index >= 15 is 0 Å². The molecule has 0 fully saturated rings. The molecule has 1 atom stereocenters. The fourth-order valence-electron chi connectivity index (χ4n) is 1.72. The molecular weight excluding hydrogens is 216 g/mol. The minimum absolute atomic E-state index is 0.00986. The molecule has 4 N–H and O–H groups in total. The molecule has 0 aliphatic rings. The Morgan fingerprint density at radius 3 is 2.47 bits per heavy atom. The second-order valence-corrected chi connectivity index (χ2v) is 5.95. The average molecular weight is 244 g/mol. The number of amides is 1. The molecule has 4 nitrogen and oxygen atoms in total. The van der Waals surface area contributed by atoms with Gasteiger partial charge < -0.3 is 16.2 Å². The van der Waals surface area contributed by atoms with Crippen LogP contribution in [0.25, 0.3) is 0 Å². The fourth-order valence-corrected chi connectivity index (χ4v) is 1.72. The van der Waals surface area contributed by atoms with Crippen LogP contribution in [0.3, 0.4) is 0 Å². The maximum Gasteiger partial charge on any atom is 0.236 e. The van der Waals surface area contributed by atoms with Gasteiger partial charge in [0.1, 0.15) is 0 Å². The number of rotatable bonds is 8. The van der Waals surface area contributed by atoms with E-state index in [0.717, 1.165) is 12.8 Å². The standard InChI is InChI=1S/C13H28N2O2/c1-10(2)8-11(14)12(17)15-9-13(3,4)6-5-7-16/h10-11,16H,5-9,14H2,1-4H3,(H,15,17)/t11-/m0/s1. The number of aliphatic hydroxyl groups is 1. The molecule has 1 amide bonds. The molecule has 0 aliphatic heterocycles. The largest absolute Gasteiger partial charge is 0.396 e. The molecule has 0 aromatic carbocycles. The van der Waals surface area contributed by atoms with Crippen molar-refractivity contribution in [3.63, 3.8) is 0 Å². The van der Waals surface area contributed by atoms with Crippen LogP contribution in [0, 0.1) is 11.3 Å². The van der Waals surface area contributed by atoms with Crippen molar-refractivity contribution in [2.24, 2.45) is 17.1 Å². The van der Waals surface area contributed by atoms with E-state index in [2.05, 4.69) is 33.0 Å². The fraction of sp³-hybridized carbons (Fsp3) is 0.923. The van der Waals surface area contributed by atoms with Crippen molar-refractivity contribution < 1.29 is 9.90 Å². The number of hydrogen-bond acceptors (Lipinski definition) is 3. The molecule has 0 rings (SSSR count). The summed E-state index contributed by atoms with van der Waals surface area (Å²) in [4.78, 5) is 11.7. The van der Waals surface area contributed by atoms with Gasteiger partial charge in [0.25, 0.3) is 0 Å². The summed E-state index contributed by atoms with van der Waals surface area (Å²) in [6.45, 7) is 9.08. The van der Waals surface area contributed by atoms with Gasteiger partial charge in [-0.25, -0.2) is 0 Å². The quantitative estimate of drug-likeness (QED) is 0.602. The van der Waals surface area contributed by atoms with Gasteiger partial charge in [-0.3, -0.25) is 4.79 Å². The highest BCUT2D eigenvalue weighted by Gasteiger charge is 2.21. The van der Waals surface area contributed by atoms with E-state index in [9.17, 15) is 4.79 Å². The zero-order valence-electron chi connectivity index (χ0n) is 11.6. The third-order valence-electron chi connectivity index (χ3n) is 2.81. The molecule has 0 radical (unpaired) electrons. The van der Waals surface area contributed by atoms with Crippen LogP contribution in [0.4, 0.5) is 0 Å². The smallest absolute Gasteiger partial charge is 0.236 e. The Bertz CT molecular complexity index is 227. The summed E-state index contributed by atoms with van der Waals surface area (Å²) >= 11 is 0. The number of carbonyl (C=O) groups is 1. The molecular formula is C13H28N2O2. The van der Waals surface area contributed by atoms with Crippen LogP contribution in [-0.4, -0.2) is 30.2 Å². The number of hydrogen-bond donors (Lipinski definition) is 3. The van der Waals surface area contributed by atoms with Gasteiger partial charge in [0.05, 0.1) is 6.04 Å². The summed E-state index contributed by atoms with van der Waals surface area (Å²) in [6, 6.07) is -0.413. The van der Waals surface area contributed by atoms with Crippen molar-refractivity contribution in [3.05, 3.63) is 0 Å². The van der Waals surface area contributed by atoms with Crippen LogP contribution in [0.2, 0.25) is 0 Å². The van der Waals surface area contributed by atoms with E-state index < -0.39 is 6.04 Å². The zero-order valence-corrected chi connectivity index (χ0v) is 11.6. The summed E-state index contributed by atoms with van der Waals surface area (Å²) in [5, 5.41) is 11.7. The van der Waals surface area contributed by atoms with Crippen molar-refractivity contribution in [1.82, 2.24) is 5.32 Å². The maximum absolute atomic E-state index is 11.7. The highest BCUT2D eigenvalue weighted by atomic mass is 16.2. The van der Waals surface area contributed by atoms with Crippen LogP contribution >= 0.6 is 0 Å². The minimum Gasteiger partial charge on any atom is -0.396 e. The normalized spacial score (nSPS) is 13.8. The Hall–Kier alpha value is -0.610. The predicted octanol–water partition coefficient (Wildman–Crippen LogP) is 1.27. The lowest BCUT2D eigenvalue weighted by molar-refractivity contribution is -0.123. The number of nitrogens with two attached hydrogens (primary N) is 1. The van der Waals surface area contributed by atoms with Crippen molar-refractivity contribution >= 4 is 5.91 Å². The first-order chi connectivity index (χ1) is 7.78. The van der Waals surface area contributed by atoms with Gasteiger partial charge in [-0.05, 0) is 30.6 Å². The molecule has 0 unspecified atom stereocenters. The molecule has 0 heterocycles. The Kier molecular flexibility index (Phi) is 7.39. The van der Waals surface area contributed by atoms with E-state index in [1.54, 1.807) is 0 Å². The molecule has 0 spiro atoms.